The molecule has 4 nitrogen and oxygen atoms in total. The molecule has 0 saturated carbocycles. The lowest BCUT2D eigenvalue weighted by molar-refractivity contribution is 0.102. The second-order valence-electron chi connectivity index (χ2n) is 3.67. The Morgan fingerprint density at radius 1 is 1.37 bits per heavy atom. The number of methoxy groups -OCH3 is 1. The zero-order valence-electron chi connectivity index (χ0n) is 9.98. The Kier molecular flexibility index (Phi) is 3.97. The Morgan fingerprint density at radius 3 is 2.74 bits per heavy atom. The molecule has 0 radical (unpaired) electrons. The molecule has 19 heavy (non-hydrogen) atoms. The number of ether oxygens (including phenoxy) is 1. The van der Waals surface area contributed by atoms with Crippen molar-refractivity contribution in [2.45, 2.75) is 0 Å². The van der Waals surface area contributed by atoms with Crippen molar-refractivity contribution in [2.75, 3.05) is 12.4 Å². The van der Waals surface area contributed by atoms with E-state index in [0.29, 0.717) is 10.8 Å². The summed E-state index contributed by atoms with van der Waals surface area (Å²) in [4.78, 5) is 15.8. The van der Waals surface area contributed by atoms with Gasteiger partial charge < -0.3 is 10.1 Å². The van der Waals surface area contributed by atoms with Gasteiger partial charge in [-0.25, -0.2) is 9.37 Å². The number of hydrogen-bond donors (Lipinski definition) is 1. The average Bonchev–Trinajstić information content (AvgIpc) is 2.41. The standard InChI is InChI=1S/C13H10ClFN2O2/c1-19-11-4-2-8(6-10(11)15)13(18)17-12-5-3-9(14)7-16-12/h2-7H,1H3,(H,16,17,18). The molecule has 0 unspecified atom stereocenters. The van der Waals surface area contributed by atoms with Crippen LogP contribution in [-0.4, -0.2) is 18.0 Å². The maximum Gasteiger partial charge on any atom is 0.256 e. The summed E-state index contributed by atoms with van der Waals surface area (Å²) in [5, 5.41) is 3.00. The van der Waals surface area contributed by atoms with Crippen molar-refractivity contribution in [3.8, 4) is 5.75 Å². The van der Waals surface area contributed by atoms with Crippen LogP contribution in [0, 0.1) is 5.82 Å². The van der Waals surface area contributed by atoms with Gasteiger partial charge in [0.05, 0.1) is 12.1 Å². The van der Waals surface area contributed by atoms with Crippen molar-refractivity contribution in [2.24, 2.45) is 0 Å². The average molecular weight is 281 g/mol. The molecule has 0 saturated heterocycles. The number of halogens is 2. The van der Waals surface area contributed by atoms with E-state index in [1.54, 1.807) is 12.1 Å². The van der Waals surface area contributed by atoms with Crippen LogP contribution in [0.4, 0.5) is 10.2 Å². The Bertz CT molecular complexity index is 602. The van der Waals surface area contributed by atoms with Gasteiger partial charge in [-0.05, 0) is 30.3 Å². The van der Waals surface area contributed by atoms with Crippen molar-refractivity contribution in [1.29, 1.82) is 0 Å². The van der Waals surface area contributed by atoms with Gasteiger partial charge in [0.1, 0.15) is 5.82 Å². The Morgan fingerprint density at radius 2 is 2.16 bits per heavy atom. The van der Waals surface area contributed by atoms with Crippen LogP contribution < -0.4 is 10.1 Å². The predicted octanol–water partition coefficient (Wildman–Crippen LogP) is 3.14. The lowest BCUT2D eigenvalue weighted by Gasteiger charge is -2.06. The van der Waals surface area contributed by atoms with E-state index in [1.807, 2.05) is 0 Å². The highest BCUT2D eigenvalue weighted by Crippen LogP contribution is 2.18. The third kappa shape index (κ3) is 3.20. The number of aromatic nitrogens is 1. The zero-order valence-corrected chi connectivity index (χ0v) is 10.7. The third-order valence-corrected chi connectivity index (χ3v) is 2.61. The molecule has 2 rings (SSSR count). The number of anilines is 1. The molecule has 0 spiro atoms. The first-order valence-corrected chi connectivity index (χ1v) is 5.74. The number of carbonyl (C=O) groups is 1. The van der Waals surface area contributed by atoms with Crippen LogP contribution in [-0.2, 0) is 0 Å². The third-order valence-electron chi connectivity index (χ3n) is 2.38. The molecule has 0 aliphatic rings. The summed E-state index contributed by atoms with van der Waals surface area (Å²) in [6.07, 6.45) is 1.41. The van der Waals surface area contributed by atoms with Crippen molar-refractivity contribution in [3.05, 3.63) is 52.9 Å². The summed E-state index contributed by atoms with van der Waals surface area (Å²) < 4.78 is 18.2. The molecule has 0 fully saturated rings. The van der Waals surface area contributed by atoms with E-state index in [0.717, 1.165) is 6.07 Å². The SMILES string of the molecule is COc1ccc(C(=O)Nc2ccc(Cl)cn2)cc1F. The van der Waals surface area contributed by atoms with Gasteiger partial charge in [0, 0.05) is 11.8 Å². The number of benzene rings is 1. The van der Waals surface area contributed by atoms with Crippen molar-refractivity contribution >= 4 is 23.3 Å². The molecular formula is C13H10ClFN2O2. The Balaban J connectivity index is 2.16. The first-order chi connectivity index (χ1) is 9.10. The van der Waals surface area contributed by atoms with Gasteiger partial charge in [0.15, 0.2) is 11.6 Å². The molecule has 2 aromatic rings. The van der Waals surface area contributed by atoms with E-state index in [4.69, 9.17) is 16.3 Å². The van der Waals surface area contributed by atoms with Crippen LogP contribution in [0.3, 0.4) is 0 Å². The van der Waals surface area contributed by atoms with Gasteiger partial charge in [0.2, 0.25) is 0 Å². The summed E-state index contributed by atoms with van der Waals surface area (Å²) >= 11 is 5.68. The van der Waals surface area contributed by atoms with Crippen LogP contribution in [0.15, 0.2) is 36.5 Å². The summed E-state index contributed by atoms with van der Waals surface area (Å²) in [6.45, 7) is 0. The summed E-state index contributed by atoms with van der Waals surface area (Å²) in [5.74, 6) is -0.637. The van der Waals surface area contributed by atoms with E-state index < -0.39 is 11.7 Å². The number of hydrogen-bond acceptors (Lipinski definition) is 3. The minimum absolute atomic E-state index is 0.0844. The highest BCUT2D eigenvalue weighted by atomic mass is 35.5. The summed E-state index contributed by atoms with van der Waals surface area (Å²) in [7, 11) is 1.36. The fourth-order valence-electron chi connectivity index (χ4n) is 1.45. The van der Waals surface area contributed by atoms with Gasteiger partial charge in [-0.15, -0.1) is 0 Å². The number of carbonyl (C=O) groups excluding carboxylic acids is 1. The topological polar surface area (TPSA) is 51.2 Å². The number of nitrogens with one attached hydrogen (secondary N) is 1. The second-order valence-corrected chi connectivity index (χ2v) is 4.10. The largest absolute Gasteiger partial charge is 0.494 e. The molecule has 1 aromatic heterocycles. The van der Waals surface area contributed by atoms with Crippen molar-refractivity contribution < 1.29 is 13.9 Å². The van der Waals surface area contributed by atoms with E-state index in [-0.39, 0.29) is 11.3 Å². The molecular weight excluding hydrogens is 271 g/mol. The van der Waals surface area contributed by atoms with E-state index in [1.165, 1.54) is 25.4 Å². The van der Waals surface area contributed by atoms with E-state index in [9.17, 15) is 9.18 Å². The van der Waals surface area contributed by atoms with Crippen LogP contribution in [0.1, 0.15) is 10.4 Å². The number of nitrogens with zero attached hydrogens (tertiary/aromatic N) is 1. The molecule has 0 aliphatic heterocycles. The lowest BCUT2D eigenvalue weighted by Crippen LogP contribution is -2.13. The minimum atomic E-state index is -0.598. The highest BCUT2D eigenvalue weighted by molar-refractivity contribution is 6.30. The molecule has 1 amide bonds. The number of amides is 1. The van der Waals surface area contributed by atoms with Gasteiger partial charge >= 0.3 is 0 Å². The summed E-state index contributed by atoms with van der Waals surface area (Å²) in [6, 6.07) is 7.11. The maximum absolute atomic E-state index is 13.5. The quantitative estimate of drug-likeness (QED) is 0.940. The first kappa shape index (κ1) is 13.3. The number of pyridine rings is 1. The van der Waals surface area contributed by atoms with E-state index >= 15 is 0 Å². The molecule has 0 atom stereocenters. The van der Waals surface area contributed by atoms with Gasteiger partial charge in [0.25, 0.3) is 5.91 Å². The van der Waals surface area contributed by atoms with Crippen molar-refractivity contribution in [1.82, 2.24) is 4.98 Å². The monoisotopic (exact) mass is 280 g/mol. The Hall–Kier alpha value is -2.14. The molecule has 98 valence electrons. The highest BCUT2D eigenvalue weighted by Gasteiger charge is 2.10. The van der Waals surface area contributed by atoms with Crippen LogP contribution in [0.2, 0.25) is 5.02 Å². The fourth-order valence-corrected chi connectivity index (χ4v) is 1.56. The molecule has 0 aliphatic carbocycles. The molecule has 6 heteroatoms. The fraction of sp³-hybridized carbons (Fsp3) is 0.0769. The van der Waals surface area contributed by atoms with Crippen LogP contribution in [0.5, 0.6) is 5.75 Å². The minimum Gasteiger partial charge on any atom is -0.494 e. The first-order valence-electron chi connectivity index (χ1n) is 5.36. The van der Waals surface area contributed by atoms with Gasteiger partial charge in [-0.2, -0.15) is 0 Å². The van der Waals surface area contributed by atoms with Crippen molar-refractivity contribution in [3.63, 3.8) is 0 Å². The zero-order chi connectivity index (χ0) is 13.8. The molecule has 1 heterocycles. The maximum atomic E-state index is 13.5. The van der Waals surface area contributed by atoms with Gasteiger partial charge in [-0.3, -0.25) is 4.79 Å². The molecule has 1 N–H and O–H groups in total. The van der Waals surface area contributed by atoms with Crippen LogP contribution in [0.25, 0.3) is 0 Å². The van der Waals surface area contributed by atoms with Crippen LogP contribution >= 0.6 is 11.6 Å². The predicted molar refractivity (Wildman–Crippen MR) is 70.2 cm³/mol. The Labute approximate surface area is 114 Å². The normalized spacial score (nSPS) is 10.1. The molecule has 0 bridgehead atoms. The van der Waals surface area contributed by atoms with E-state index in [2.05, 4.69) is 10.3 Å². The lowest BCUT2D eigenvalue weighted by atomic mass is 10.2. The number of rotatable bonds is 3. The second kappa shape index (κ2) is 5.67. The summed E-state index contributed by atoms with van der Waals surface area (Å²) in [5.41, 5.74) is 0.176. The smallest absolute Gasteiger partial charge is 0.256 e. The molecule has 1 aromatic carbocycles. The van der Waals surface area contributed by atoms with Gasteiger partial charge in [-0.1, -0.05) is 11.6 Å².